The molecule has 0 aliphatic rings. The minimum absolute atomic E-state index is 0.0428. The normalized spacial score (nSPS) is 10.9. The van der Waals surface area contributed by atoms with E-state index in [4.69, 9.17) is 19.5 Å². The van der Waals surface area contributed by atoms with E-state index in [1.807, 2.05) is 0 Å². The number of phenols is 3. The Hall–Kier alpha value is -8.39. The number of methoxy groups -OCH3 is 1. The standard InChI is InChI=1S/C45H31FN4O9/c1-57-31-18-20-41(35(23-31)37-25-50(30-8-6-7-27(21-30)44(54)55)43(48-37)33-10-3-5-12-39(33)52)58-59-45(56)26-13-16-29(17-14-26)49-24-36(34-22-28(46)15-19-40(34)53)47-42(49)32-9-2-4-11-38(32)51/h2-25,51-53H,1H3,(H,54,55). The molecule has 0 radical (unpaired) electrons. The van der Waals surface area contributed by atoms with Crippen molar-refractivity contribution in [1.29, 1.82) is 0 Å². The molecule has 59 heavy (non-hydrogen) atoms. The summed E-state index contributed by atoms with van der Waals surface area (Å²) in [4.78, 5) is 45.6. The Morgan fingerprint density at radius 1 is 0.593 bits per heavy atom. The van der Waals surface area contributed by atoms with Gasteiger partial charge in [-0.2, -0.15) is 0 Å². The Labute approximate surface area is 334 Å². The lowest BCUT2D eigenvalue weighted by Gasteiger charge is -2.11. The van der Waals surface area contributed by atoms with Crippen LogP contribution in [0.4, 0.5) is 4.39 Å². The summed E-state index contributed by atoms with van der Waals surface area (Å²) in [6.45, 7) is 0. The average Bonchev–Trinajstić information content (AvgIpc) is 3.90. The molecular weight excluding hydrogens is 760 g/mol. The molecule has 0 saturated heterocycles. The number of hydrogen-bond acceptors (Lipinski definition) is 10. The smallest absolute Gasteiger partial charge is 0.386 e. The number of aromatic nitrogens is 4. The summed E-state index contributed by atoms with van der Waals surface area (Å²) in [5.74, 6) is -1.75. The Morgan fingerprint density at radius 3 is 1.83 bits per heavy atom. The SMILES string of the molecule is COc1ccc(OOC(=O)c2ccc(-n3cc(-c4cc(F)ccc4O)nc3-c3ccccc3O)cc2)c(-c2cn(-c3cccc(C(=O)O)c3)c(-c3ccccc3O)n2)c1. The summed E-state index contributed by atoms with van der Waals surface area (Å²) < 4.78 is 22.9. The Kier molecular flexibility index (Phi) is 9.94. The lowest BCUT2D eigenvalue weighted by molar-refractivity contribution is -0.149. The first kappa shape index (κ1) is 37.5. The number of para-hydroxylation sites is 2. The Balaban J connectivity index is 1.10. The highest BCUT2D eigenvalue weighted by molar-refractivity contribution is 5.90. The minimum atomic E-state index is -1.12. The summed E-state index contributed by atoms with van der Waals surface area (Å²) >= 11 is 0. The Bertz CT molecular complexity index is 2890. The van der Waals surface area contributed by atoms with E-state index in [2.05, 4.69) is 4.98 Å². The zero-order valence-electron chi connectivity index (χ0n) is 30.9. The molecule has 6 aromatic carbocycles. The zero-order chi connectivity index (χ0) is 41.2. The van der Waals surface area contributed by atoms with E-state index >= 15 is 0 Å². The van der Waals surface area contributed by atoms with Gasteiger partial charge in [0.15, 0.2) is 5.75 Å². The van der Waals surface area contributed by atoms with Crippen molar-refractivity contribution in [1.82, 2.24) is 19.1 Å². The molecule has 0 fully saturated rings. The van der Waals surface area contributed by atoms with Crippen LogP contribution in [0, 0.1) is 5.82 Å². The fourth-order valence-electron chi connectivity index (χ4n) is 6.42. The van der Waals surface area contributed by atoms with Gasteiger partial charge in [-0.1, -0.05) is 30.3 Å². The molecular formula is C45H31FN4O9. The number of benzene rings is 6. The van der Waals surface area contributed by atoms with Crippen LogP contribution in [0.15, 0.2) is 146 Å². The number of carbonyl (C=O) groups excluding carboxylic acids is 1. The largest absolute Gasteiger partial charge is 0.507 e. The van der Waals surface area contributed by atoms with Crippen LogP contribution in [0.1, 0.15) is 20.7 Å². The van der Waals surface area contributed by atoms with Crippen molar-refractivity contribution in [2.24, 2.45) is 0 Å². The van der Waals surface area contributed by atoms with E-state index in [9.17, 15) is 34.4 Å². The molecule has 2 heterocycles. The lowest BCUT2D eigenvalue weighted by Crippen LogP contribution is -2.09. The number of aromatic carboxylic acids is 1. The third-order valence-electron chi connectivity index (χ3n) is 9.36. The van der Waals surface area contributed by atoms with Gasteiger partial charge in [0.1, 0.15) is 40.5 Å². The predicted octanol–water partition coefficient (Wildman–Crippen LogP) is 8.84. The van der Waals surface area contributed by atoms with Crippen LogP contribution in [0.25, 0.3) is 56.7 Å². The molecule has 13 nitrogen and oxygen atoms in total. The maximum Gasteiger partial charge on any atom is 0.386 e. The number of hydrogen-bond donors (Lipinski definition) is 4. The molecule has 8 rings (SSSR count). The van der Waals surface area contributed by atoms with Crippen molar-refractivity contribution in [3.8, 4) is 85.4 Å². The number of imidazole rings is 2. The molecule has 8 aromatic rings. The summed E-state index contributed by atoms with van der Waals surface area (Å²) in [5, 5.41) is 41.6. The number of carboxylic acid groups (broad SMARTS) is 1. The van der Waals surface area contributed by atoms with E-state index in [1.165, 1.54) is 55.6 Å². The number of carbonyl (C=O) groups is 2. The fraction of sp³-hybridized carbons (Fsp3) is 0.0222. The van der Waals surface area contributed by atoms with E-state index in [0.29, 0.717) is 39.5 Å². The monoisotopic (exact) mass is 790 g/mol. The molecule has 0 aliphatic carbocycles. The zero-order valence-corrected chi connectivity index (χ0v) is 30.9. The first-order valence-electron chi connectivity index (χ1n) is 17.8. The van der Waals surface area contributed by atoms with E-state index in [1.54, 1.807) is 94.3 Å². The second-order valence-electron chi connectivity index (χ2n) is 13.1. The van der Waals surface area contributed by atoms with Crippen LogP contribution in [0.3, 0.4) is 0 Å². The van der Waals surface area contributed by atoms with E-state index in [-0.39, 0.29) is 57.0 Å². The van der Waals surface area contributed by atoms with Gasteiger partial charge in [0.2, 0.25) is 0 Å². The first-order valence-corrected chi connectivity index (χ1v) is 17.8. The third-order valence-corrected chi connectivity index (χ3v) is 9.36. The summed E-state index contributed by atoms with van der Waals surface area (Å²) in [7, 11) is 1.48. The van der Waals surface area contributed by atoms with Gasteiger partial charge < -0.3 is 25.2 Å². The fourth-order valence-corrected chi connectivity index (χ4v) is 6.42. The summed E-state index contributed by atoms with van der Waals surface area (Å²) in [6.07, 6.45) is 3.21. The van der Waals surface area contributed by atoms with Crippen molar-refractivity contribution in [2.75, 3.05) is 7.11 Å². The van der Waals surface area contributed by atoms with Crippen LogP contribution in [-0.2, 0) is 4.89 Å². The highest BCUT2D eigenvalue weighted by Gasteiger charge is 2.22. The Morgan fingerprint density at radius 2 is 1.20 bits per heavy atom. The second-order valence-corrected chi connectivity index (χ2v) is 13.1. The molecule has 0 spiro atoms. The van der Waals surface area contributed by atoms with Crippen molar-refractivity contribution in [3.05, 3.63) is 163 Å². The molecule has 0 atom stereocenters. The number of halogens is 1. The van der Waals surface area contributed by atoms with Crippen molar-refractivity contribution in [3.63, 3.8) is 0 Å². The van der Waals surface area contributed by atoms with Crippen LogP contribution in [-0.4, -0.2) is 58.6 Å². The van der Waals surface area contributed by atoms with Gasteiger partial charge in [0.25, 0.3) is 0 Å². The molecule has 0 unspecified atom stereocenters. The van der Waals surface area contributed by atoms with Gasteiger partial charge in [0, 0.05) is 29.3 Å². The summed E-state index contributed by atoms with van der Waals surface area (Å²) in [5.41, 5.74) is 2.88. The molecule has 0 saturated carbocycles. The number of rotatable bonds is 11. The molecule has 0 aliphatic heterocycles. The molecule has 14 heteroatoms. The van der Waals surface area contributed by atoms with Crippen LogP contribution in [0.2, 0.25) is 0 Å². The van der Waals surface area contributed by atoms with Gasteiger partial charge in [-0.05, 0) is 103 Å². The van der Waals surface area contributed by atoms with Crippen molar-refractivity contribution >= 4 is 11.9 Å². The van der Waals surface area contributed by atoms with Gasteiger partial charge >= 0.3 is 11.9 Å². The summed E-state index contributed by atoms with van der Waals surface area (Å²) in [6, 6.07) is 33.8. The number of carboxylic acids is 1. The van der Waals surface area contributed by atoms with Crippen LogP contribution >= 0.6 is 0 Å². The number of ether oxygens (including phenoxy) is 1. The van der Waals surface area contributed by atoms with Crippen LogP contribution < -0.4 is 9.62 Å². The lowest BCUT2D eigenvalue weighted by atomic mass is 10.1. The average molecular weight is 791 g/mol. The number of nitrogens with zero attached hydrogens (tertiary/aromatic N) is 4. The van der Waals surface area contributed by atoms with E-state index in [0.717, 1.165) is 12.1 Å². The molecule has 0 amide bonds. The molecule has 292 valence electrons. The highest BCUT2D eigenvalue weighted by atomic mass is 19.1. The van der Waals surface area contributed by atoms with Crippen LogP contribution in [0.5, 0.6) is 28.7 Å². The second kappa shape index (κ2) is 15.6. The van der Waals surface area contributed by atoms with Crippen molar-refractivity contribution < 1.29 is 48.9 Å². The third kappa shape index (κ3) is 7.48. The number of phenolic OH excluding ortho intramolecular Hbond substituents is 3. The topological polar surface area (TPSA) is 178 Å². The maximum atomic E-state index is 14.2. The van der Waals surface area contributed by atoms with Crippen molar-refractivity contribution in [2.45, 2.75) is 0 Å². The number of aromatic hydroxyl groups is 3. The van der Waals surface area contributed by atoms with E-state index < -0.39 is 17.8 Å². The minimum Gasteiger partial charge on any atom is -0.507 e. The molecule has 2 aromatic heterocycles. The molecule has 4 N–H and O–H groups in total. The maximum absolute atomic E-state index is 14.2. The van der Waals surface area contributed by atoms with Gasteiger partial charge in [-0.3, -0.25) is 14.0 Å². The predicted molar refractivity (Wildman–Crippen MR) is 213 cm³/mol. The first-order chi connectivity index (χ1) is 28.6. The van der Waals surface area contributed by atoms with Gasteiger partial charge in [0.05, 0.1) is 46.3 Å². The van der Waals surface area contributed by atoms with Gasteiger partial charge in [-0.25, -0.2) is 28.8 Å². The molecule has 0 bridgehead atoms. The highest BCUT2D eigenvalue weighted by Crippen LogP contribution is 2.39. The quantitative estimate of drug-likeness (QED) is 0.0727. The van der Waals surface area contributed by atoms with Gasteiger partial charge in [-0.15, -0.1) is 0 Å².